The molecule has 0 N–H and O–H groups in total. The standard InChI is InChI=1S/C23H15ClFN.ClH/c24-15-10-12-20-18(13-15)22(17-7-3-4-8-19(17)25)23-16-6-2-1-5-14(16)9-11-21(23)26-20;/h1-8,10,12-13H,9,11H2;1H. The van der Waals surface area contributed by atoms with Gasteiger partial charge < -0.3 is 0 Å². The van der Waals surface area contributed by atoms with Crippen LogP contribution in [0.3, 0.4) is 0 Å². The topological polar surface area (TPSA) is 12.9 Å². The highest BCUT2D eigenvalue weighted by atomic mass is 35.5. The first-order chi connectivity index (χ1) is 12.7. The summed E-state index contributed by atoms with van der Waals surface area (Å²) in [7, 11) is 0. The fourth-order valence-corrected chi connectivity index (χ4v) is 4.11. The maximum absolute atomic E-state index is 14.8. The Hall–Kier alpha value is -2.42. The molecule has 3 aromatic carbocycles. The van der Waals surface area contributed by atoms with Crippen molar-refractivity contribution in [3.05, 3.63) is 88.8 Å². The van der Waals surface area contributed by atoms with Gasteiger partial charge in [-0.1, -0.05) is 54.1 Å². The van der Waals surface area contributed by atoms with E-state index < -0.39 is 0 Å². The van der Waals surface area contributed by atoms with Gasteiger partial charge in [-0.25, -0.2) is 4.39 Å². The van der Waals surface area contributed by atoms with Crippen LogP contribution < -0.4 is 0 Å². The van der Waals surface area contributed by atoms with Gasteiger partial charge in [0.15, 0.2) is 0 Å². The molecule has 0 radical (unpaired) electrons. The first-order valence-electron chi connectivity index (χ1n) is 8.68. The Morgan fingerprint density at radius 2 is 1.56 bits per heavy atom. The molecule has 0 unspecified atom stereocenters. The molecule has 1 aromatic heterocycles. The minimum absolute atomic E-state index is 0. The molecule has 1 aliphatic rings. The van der Waals surface area contributed by atoms with Crippen molar-refractivity contribution >= 4 is 34.9 Å². The third-order valence-corrected chi connectivity index (χ3v) is 5.32. The summed E-state index contributed by atoms with van der Waals surface area (Å²) in [6, 6.07) is 20.9. The Morgan fingerprint density at radius 3 is 2.37 bits per heavy atom. The lowest BCUT2D eigenvalue weighted by Gasteiger charge is -2.24. The van der Waals surface area contributed by atoms with Gasteiger partial charge in [-0.2, -0.15) is 0 Å². The number of aryl methyl sites for hydroxylation is 2. The lowest BCUT2D eigenvalue weighted by molar-refractivity contribution is 0.631. The molecule has 0 atom stereocenters. The van der Waals surface area contributed by atoms with Gasteiger partial charge in [-0.15, -0.1) is 12.4 Å². The number of aromatic nitrogens is 1. The Morgan fingerprint density at radius 1 is 0.815 bits per heavy atom. The number of nitrogens with zero attached hydrogens (tertiary/aromatic N) is 1. The van der Waals surface area contributed by atoms with Crippen LogP contribution in [-0.2, 0) is 12.8 Å². The SMILES string of the molecule is Cl.Fc1ccccc1-c1c2c(nc3ccc(Cl)cc13)CCc1ccccc1-2. The minimum atomic E-state index is -0.231. The predicted octanol–water partition coefficient (Wildman–Crippen LogP) is 6.88. The predicted molar refractivity (Wildman–Crippen MR) is 112 cm³/mol. The van der Waals surface area contributed by atoms with Crippen molar-refractivity contribution < 1.29 is 4.39 Å². The molecule has 4 aromatic rings. The molecule has 134 valence electrons. The van der Waals surface area contributed by atoms with Crippen molar-refractivity contribution in [1.82, 2.24) is 4.98 Å². The number of benzene rings is 3. The van der Waals surface area contributed by atoms with E-state index in [2.05, 4.69) is 18.2 Å². The Bertz CT molecular complexity index is 1170. The lowest BCUT2D eigenvalue weighted by atomic mass is 9.82. The highest BCUT2D eigenvalue weighted by Crippen LogP contribution is 2.44. The van der Waals surface area contributed by atoms with Crippen LogP contribution in [0.4, 0.5) is 4.39 Å². The lowest BCUT2D eigenvalue weighted by Crippen LogP contribution is -2.08. The number of halogens is 3. The van der Waals surface area contributed by atoms with E-state index in [1.807, 2.05) is 36.4 Å². The van der Waals surface area contributed by atoms with Crippen molar-refractivity contribution in [1.29, 1.82) is 0 Å². The summed E-state index contributed by atoms with van der Waals surface area (Å²) >= 11 is 6.28. The van der Waals surface area contributed by atoms with Gasteiger partial charge in [0.2, 0.25) is 0 Å². The molecule has 0 aliphatic heterocycles. The second kappa shape index (κ2) is 6.95. The summed E-state index contributed by atoms with van der Waals surface area (Å²) in [6.07, 6.45) is 1.80. The second-order valence-corrected chi connectivity index (χ2v) is 7.04. The number of fused-ring (bicyclic) bond motifs is 4. The largest absolute Gasteiger partial charge is 0.252 e. The maximum Gasteiger partial charge on any atom is 0.131 e. The van der Waals surface area contributed by atoms with Crippen LogP contribution >= 0.6 is 24.0 Å². The van der Waals surface area contributed by atoms with Crippen LogP contribution in [0.15, 0.2) is 66.7 Å². The van der Waals surface area contributed by atoms with Crippen LogP contribution in [0.25, 0.3) is 33.2 Å². The quantitative estimate of drug-likeness (QED) is 0.342. The molecule has 27 heavy (non-hydrogen) atoms. The fraction of sp³-hybridized carbons (Fsp3) is 0.0870. The average Bonchev–Trinajstić information content (AvgIpc) is 2.67. The summed E-state index contributed by atoms with van der Waals surface area (Å²) in [5, 5.41) is 1.51. The normalized spacial score (nSPS) is 12.2. The third-order valence-electron chi connectivity index (χ3n) is 5.08. The molecule has 1 nitrogen and oxygen atoms in total. The average molecular weight is 396 g/mol. The molecule has 0 bridgehead atoms. The zero-order chi connectivity index (χ0) is 17.7. The second-order valence-electron chi connectivity index (χ2n) is 6.61. The summed E-state index contributed by atoms with van der Waals surface area (Å²) in [6.45, 7) is 0. The summed E-state index contributed by atoms with van der Waals surface area (Å²) in [5.74, 6) is -0.231. The highest BCUT2D eigenvalue weighted by molar-refractivity contribution is 6.31. The molecular weight excluding hydrogens is 380 g/mol. The molecule has 1 aliphatic carbocycles. The first-order valence-corrected chi connectivity index (χ1v) is 9.05. The number of hydrogen-bond acceptors (Lipinski definition) is 1. The summed E-state index contributed by atoms with van der Waals surface area (Å²) in [5.41, 5.74) is 6.81. The molecule has 1 heterocycles. The summed E-state index contributed by atoms with van der Waals surface area (Å²) < 4.78 is 14.8. The zero-order valence-electron chi connectivity index (χ0n) is 14.4. The molecule has 0 saturated heterocycles. The van der Waals surface area contributed by atoms with E-state index in [0.717, 1.165) is 46.1 Å². The van der Waals surface area contributed by atoms with E-state index in [0.29, 0.717) is 10.6 Å². The Kier molecular flexibility index (Phi) is 4.63. The third kappa shape index (κ3) is 2.90. The van der Waals surface area contributed by atoms with Crippen LogP contribution in [-0.4, -0.2) is 4.98 Å². The highest BCUT2D eigenvalue weighted by Gasteiger charge is 2.24. The van der Waals surface area contributed by atoms with E-state index in [-0.39, 0.29) is 18.2 Å². The van der Waals surface area contributed by atoms with Crippen LogP contribution in [0.2, 0.25) is 5.02 Å². The fourth-order valence-electron chi connectivity index (χ4n) is 3.94. The zero-order valence-corrected chi connectivity index (χ0v) is 15.9. The van der Waals surface area contributed by atoms with Gasteiger partial charge in [-0.05, 0) is 48.2 Å². The van der Waals surface area contributed by atoms with Gasteiger partial charge in [0.25, 0.3) is 0 Å². The van der Waals surface area contributed by atoms with Crippen molar-refractivity contribution in [2.24, 2.45) is 0 Å². The van der Waals surface area contributed by atoms with Crippen LogP contribution in [0.5, 0.6) is 0 Å². The molecule has 4 heteroatoms. The van der Waals surface area contributed by atoms with E-state index in [4.69, 9.17) is 16.6 Å². The van der Waals surface area contributed by atoms with Gasteiger partial charge in [0.1, 0.15) is 5.82 Å². The Labute approximate surface area is 168 Å². The summed E-state index contributed by atoms with van der Waals surface area (Å²) in [4.78, 5) is 4.89. The van der Waals surface area contributed by atoms with Gasteiger partial charge in [-0.3, -0.25) is 4.98 Å². The molecule has 0 amide bonds. The van der Waals surface area contributed by atoms with Crippen molar-refractivity contribution in [3.8, 4) is 22.3 Å². The van der Waals surface area contributed by atoms with Crippen molar-refractivity contribution in [2.45, 2.75) is 12.8 Å². The van der Waals surface area contributed by atoms with Gasteiger partial charge in [0, 0.05) is 32.8 Å². The number of hydrogen-bond donors (Lipinski definition) is 0. The smallest absolute Gasteiger partial charge is 0.131 e. The maximum atomic E-state index is 14.8. The van der Waals surface area contributed by atoms with Gasteiger partial charge in [0.05, 0.1) is 5.52 Å². The van der Waals surface area contributed by atoms with Crippen molar-refractivity contribution in [2.75, 3.05) is 0 Å². The van der Waals surface area contributed by atoms with E-state index in [9.17, 15) is 4.39 Å². The molecule has 5 rings (SSSR count). The molecule has 0 fully saturated rings. The Balaban J connectivity index is 0.00000180. The minimum Gasteiger partial charge on any atom is -0.252 e. The van der Waals surface area contributed by atoms with Crippen LogP contribution in [0, 0.1) is 5.82 Å². The molecule has 0 saturated carbocycles. The van der Waals surface area contributed by atoms with Crippen LogP contribution in [0.1, 0.15) is 11.3 Å². The van der Waals surface area contributed by atoms with E-state index in [1.165, 1.54) is 11.6 Å². The first kappa shape index (κ1) is 18.0. The van der Waals surface area contributed by atoms with E-state index in [1.54, 1.807) is 6.07 Å². The van der Waals surface area contributed by atoms with Crippen molar-refractivity contribution in [3.63, 3.8) is 0 Å². The molecular formula is C23H16Cl2FN. The van der Waals surface area contributed by atoms with E-state index >= 15 is 0 Å². The number of pyridine rings is 1. The van der Waals surface area contributed by atoms with Gasteiger partial charge >= 0.3 is 0 Å². The molecule has 0 spiro atoms. The number of rotatable bonds is 1. The monoisotopic (exact) mass is 395 g/mol.